The Labute approximate surface area is 182 Å². The van der Waals surface area contributed by atoms with Crippen LogP contribution in [0.4, 0.5) is 13.2 Å². The predicted octanol–water partition coefficient (Wildman–Crippen LogP) is 4.62. The van der Waals surface area contributed by atoms with Crippen molar-refractivity contribution in [2.24, 2.45) is 5.73 Å². The Morgan fingerprint density at radius 3 is 2.44 bits per heavy atom. The van der Waals surface area contributed by atoms with Crippen molar-refractivity contribution in [1.82, 2.24) is 4.90 Å². The van der Waals surface area contributed by atoms with Crippen LogP contribution in [0.15, 0.2) is 48.5 Å². The summed E-state index contributed by atoms with van der Waals surface area (Å²) in [5, 5.41) is 1.48. The molecule has 1 aliphatic rings. The second kappa shape index (κ2) is 8.18. The van der Waals surface area contributed by atoms with Gasteiger partial charge >= 0.3 is 0 Å². The van der Waals surface area contributed by atoms with Crippen molar-refractivity contribution in [2.75, 3.05) is 20.2 Å². The molecule has 5 nitrogen and oxygen atoms in total. The summed E-state index contributed by atoms with van der Waals surface area (Å²) < 4.78 is 46.5. The molecule has 2 N–H and O–H groups in total. The van der Waals surface area contributed by atoms with Crippen molar-refractivity contribution in [1.29, 1.82) is 0 Å². The van der Waals surface area contributed by atoms with Crippen LogP contribution in [0.2, 0.25) is 0 Å². The summed E-state index contributed by atoms with van der Waals surface area (Å²) in [5.74, 6) is -4.72. The third-order valence-corrected chi connectivity index (χ3v) is 5.74. The van der Waals surface area contributed by atoms with Gasteiger partial charge in [-0.1, -0.05) is 24.3 Å². The molecule has 0 spiro atoms. The fraction of sp³-hybridized carbons (Fsp3) is 0.250. The number of fused-ring (bicyclic) bond motifs is 1. The molecule has 1 fully saturated rings. The largest absolute Gasteiger partial charge is 0.496 e. The van der Waals surface area contributed by atoms with Crippen molar-refractivity contribution < 1.29 is 27.5 Å². The number of rotatable bonds is 4. The summed E-state index contributed by atoms with van der Waals surface area (Å²) in [6, 6.07) is 13.2. The molecular formula is C24H21F3N2O3. The molecule has 0 unspecified atom stereocenters. The highest BCUT2D eigenvalue weighted by Gasteiger charge is 2.35. The molecule has 32 heavy (non-hydrogen) atoms. The minimum atomic E-state index is -2.73. The van der Waals surface area contributed by atoms with Crippen LogP contribution in [-0.4, -0.2) is 42.8 Å². The number of likely N-dealkylation sites (tertiary alicyclic amines) is 1. The number of ether oxygens (including phenoxy) is 1. The van der Waals surface area contributed by atoms with Crippen LogP contribution >= 0.6 is 0 Å². The number of amides is 2. The molecule has 0 bridgehead atoms. The average Bonchev–Trinajstić information content (AvgIpc) is 2.76. The number of carbonyl (C=O) groups excluding carboxylic acids is 2. The standard InChI is InChI=1S/C24H21F3N2O3/c1-32-20-13-16(12-19(25)21(20)22(28)30)17-4-2-3-14-11-15(5-6-18(14)17)23(31)29-9-7-24(26,27)8-10-29/h2-6,11-13H,7-10H2,1H3,(H2,28,30). The minimum absolute atomic E-state index is 0.00912. The van der Waals surface area contributed by atoms with E-state index in [9.17, 15) is 22.8 Å². The van der Waals surface area contributed by atoms with E-state index in [4.69, 9.17) is 10.5 Å². The van der Waals surface area contributed by atoms with Gasteiger partial charge in [-0.3, -0.25) is 9.59 Å². The van der Waals surface area contributed by atoms with Gasteiger partial charge < -0.3 is 15.4 Å². The third-order valence-electron chi connectivity index (χ3n) is 5.74. The van der Waals surface area contributed by atoms with E-state index in [1.807, 2.05) is 6.07 Å². The summed E-state index contributed by atoms with van der Waals surface area (Å²) in [5.41, 5.74) is 6.48. The fourth-order valence-electron chi connectivity index (χ4n) is 4.03. The molecule has 3 aromatic carbocycles. The number of hydrogen-bond acceptors (Lipinski definition) is 3. The number of carbonyl (C=O) groups is 2. The number of benzene rings is 3. The highest BCUT2D eigenvalue weighted by Crippen LogP contribution is 2.35. The van der Waals surface area contributed by atoms with Gasteiger partial charge in [-0.05, 0) is 46.2 Å². The lowest BCUT2D eigenvalue weighted by molar-refractivity contribution is -0.0494. The smallest absolute Gasteiger partial charge is 0.255 e. The molecule has 0 aromatic heterocycles. The van der Waals surface area contributed by atoms with Crippen molar-refractivity contribution in [3.63, 3.8) is 0 Å². The van der Waals surface area contributed by atoms with Gasteiger partial charge in [0, 0.05) is 31.5 Å². The number of alkyl halides is 2. The zero-order valence-corrected chi connectivity index (χ0v) is 17.3. The van der Waals surface area contributed by atoms with Gasteiger partial charge in [0.25, 0.3) is 17.7 Å². The number of halogens is 3. The van der Waals surface area contributed by atoms with Crippen LogP contribution in [0.1, 0.15) is 33.6 Å². The van der Waals surface area contributed by atoms with Gasteiger partial charge in [0.2, 0.25) is 0 Å². The molecule has 0 radical (unpaired) electrons. The maximum absolute atomic E-state index is 14.6. The van der Waals surface area contributed by atoms with Gasteiger partial charge in [-0.25, -0.2) is 13.2 Å². The van der Waals surface area contributed by atoms with Gasteiger partial charge in [0.05, 0.1) is 7.11 Å². The highest BCUT2D eigenvalue weighted by atomic mass is 19.3. The molecule has 8 heteroatoms. The lowest BCUT2D eigenvalue weighted by Gasteiger charge is -2.31. The van der Waals surface area contributed by atoms with E-state index in [2.05, 4.69) is 0 Å². The molecule has 1 heterocycles. The maximum atomic E-state index is 14.6. The van der Waals surface area contributed by atoms with Crippen LogP contribution in [0.5, 0.6) is 5.75 Å². The summed E-state index contributed by atoms with van der Waals surface area (Å²) in [4.78, 5) is 25.8. The Balaban J connectivity index is 1.71. The second-order valence-electron chi connectivity index (χ2n) is 7.79. The van der Waals surface area contributed by atoms with E-state index in [0.717, 1.165) is 10.8 Å². The highest BCUT2D eigenvalue weighted by molar-refractivity contribution is 6.03. The summed E-state index contributed by atoms with van der Waals surface area (Å²) >= 11 is 0. The first-order chi connectivity index (χ1) is 15.2. The first-order valence-electron chi connectivity index (χ1n) is 10.1. The summed E-state index contributed by atoms with van der Waals surface area (Å²) in [6.07, 6.45) is -0.684. The molecule has 0 aliphatic carbocycles. The summed E-state index contributed by atoms with van der Waals surface area (Å²) in [6.45, 7) is 0.0182. The fourth-order valence-corrected chi connectivity index (χ4v) is 4.03. The van der Waals surface area contributed by atoms with E-state index in [1.165, 1.54) is 24.1 Å². The molecule has 3 aromatic rings. The normalized spacial score (nSPS) is 15.6. The number of hydrogen-bond donors (Lipinski definition) is 1. The van der Waals surface area contributed by atoms with Crippen LogP contribution in [-0.2, 0) is 0 Å². The first-order valence-corrected chi connectivity index (χ1v) is 10.1. The van der Waals surface area contributed by atoms with E-state index in [0.29, 0.717) is 16.7 Å². The Bertz CT molecular complexity index is 1220. The van der Waals surface area contributed by atoms with Gasteiger partial charge in [-0.15, -0.1) is 0 Å². The zero-order chi connectivity index (χ0) is 23.0. The molecule has 1 aliphatic heterocycles. The van der Waals surface area contributed by atoms with Crippen molar-refractivity contribution in [2.45, 2.75) is 18.8 Å². The molecule has 2 amide bonds. The Hall–Kier alpha value is -3.55. The van der Waals surface area contributed by atoms with Crippen molar-refractivity contribution in [3.8, 4) is 16.9 Å². The van der Waals surface area contributed by atoms with Crippen LogP contribution in [0, 0.1) is 5.82 Å². The van der Waals surface area contributed by atoms with Crippen LogP contribution in [0.3, 0.4) is 0 Å². The quantitative estimate of drug-likeness (QED) is 0.641. The monoisotopic (exact) mass is 442 g/mol. The maximum Gasteiger partial charge on any atom is 0.255 e. The topological polar surface area (TPSA) is 72.6 Å². The first kappa shape index (κ1) is 21.7. The number of methoxy groups -OCH3 is 1. The van der Waals surface area contributed by atoms with E-state index < -0.39 is 17.6 Å². The Morgan fingerprint density at radius 1 is 1.06 bits per heavy atom. The summed E-state index contributed by atoms with van der Waals surface area (Å²) in [7, 11) is 1.32. The van der Waals surface area contributed by atoms with Crippen LogP contribution in [0.25, 0.3) is 21.9 Å². The van der Waals surface area contributed by atoms with Crippen molar-refractivity contribution >= 4 is 22.6 Å². The van der Waals surface area contributed by atoms with Gasteiger partial charge in [0.1, 0.15) is 17.1 Å². The van der Waals surface area contributed by atoms with E-state index in [-0.39, 0.29) is 43.2 Å². The SMILES string of the molecule is COc1cc(-c2cccc3cc(C(=O)N4CCC(F)(F)CC4)ccc23)cc(F)c1C(N)=O. The zero-order valence-electron chi connectivity index (χ0n) is 17.3. The molecular weight excluding hydrogens is 421 g/mol. The van der Waals surface area contributed by atoms with E-state index in [1.54, 1.807) is 30.3 Å². The number of nitrogens with zero attached hydrogens (tertiary/aromatic N) is 1. The number of nitrogens with two attached hydrogens (primary N) is 1. The second-order valence-corrected chi connectivity index (χ2v) is 7.79. The molecule has 4 rings (SSSR count). The minimum Gasteiger partial charge on any atom is -0.496 e. The van der Waals surface area contributed by atoms with Gasteiger partial charge in [-0.2, -0.15) is 0 Å². The van der Waals surface area contributed by atoms with Gasteiger partial charge in [0.15, 0.2) is 0 Å². The van der Waals surface area contributed by atoms with Crippen molar-refractivity contribution in [3.05, 3.63) is 65.5 Å². The lowest BCUT2D eigenvalue weighted by atomic mass is 9.95. The predicted molar refractivity (Wildman–Crippen MR) is 114 cm³/mol. The number of piperidine rings is 1. The lowest BCUT2D eigenvalue weighted by Crippen LogP contribution is -2.42. The molecule has 166 valence electrons. The third kappa shape index (κ3) is 4.00. The molecule has 0 saturated carbocycles. The van der Waals surface area contributed by atoms with Crippen LogP contribution < -0.4 is 10.5 Å². The van der Waals surface area contributed by atoms with E-state index >= 15 is 0 Å². The Kier molecular flexibility index (Phi) is 5.54. The molecule has 0 atom stereocenters. The number of primary amides is 1. The Morgan fingerprint density at radius 2 is 1.78 bits per heavy atom. The molecule has 1 saturated heterocycles. The average molecular weight is 442 g/mol.